The van der Waals surface area contributed by atoms with Gasteiger partial charge in [-0.2, -0.15) is 20.5 Å². The number of hydrazone groups is 1. The summed E-state index contributed by atoms with van der Waals surface area (Å²) in [5.74, 6) is 0.780. The molecule has 0 unspecified atom stereocenters. The molecule has 162 valence electrons. The summed E-state index contributed by atoms with van der Waals surface area (Å²) in [5, 5.41) is 17.6. The highest BCUT2D eigenvalue weighted by molar-refractivity contribution is 6.02. The third-order valence-corrected chi connectivity index (χ3v) is 5.43. The van der Waals surface area contributed by atoms with Gasteiger partial charge in [0.1, 0.15) is 0 Å². The number of nitrogens with one attached hydrogen (secondary N) is 1. The van der Waals surface area contributed by atoms with Crippen LogP contribution in [0.4, 0.5) is 22.7 Å². The van der Waals surface area contributed by atoms with Crippen LogP contribution in [0.2, 0.25) is 0 Å². The maximum absolute atomic E-state index is 4.86. The fraction of sp³-hybridized carbons (Fsp3) is 0.0741. The molecule has 0 atom stereocenters. The van der Waals surface area contributed by atoms with Crippen molar-refractivity contribution < 1.29 is 0 Å². The van der Waals surface area contributed by atoms with Gasteiger partial charge in [-0.25, -0.2) is 0 Å². The van der Waals surface area contributed by atoms with Crippen LogP contribution in [0.25, 0.3) is 0 Å². The number of hydrogen-bond donors (Lipinski definition) is 1. The van der Waals surface area contributed by atoms with Crippen LogP contribution in [0.3, 0.4) is 0 Å². The minimum absolute atomic E-state index is 0.780. The lowest BCUT2D eigenvalue weighted by atomic mass is 10.2. The Morgan fingerprint density at radius 1 is 0.697 bits per heavy atom. The molecule has 1 N–H and O–H groups in total. The van der Waals surface area contributed by atoms with E-state index >= 15 is 0 Å². The molecule has 0 amide bonds. The number of amidine groups is 1. The standard InChI is InChI=1S/C27H24N6/c1-20-11-9-10-16-25(20)29-28-23-17-18-26(21(2)19-23)33-31-27(22-12-5-3-6-13-22)30-32(33)24-14-7-4-8-15-24/h3-19H,1-2H3,(H,30,31). The molecule has 0 saturated carbocycles. The highest BCUT2D eigenvalue weighted by atomic mass is 15.9. The molecule has 4 aromatic carbocycles. The fourth-order valence-corrected chi connectivity index (χ4v) is 3.65. The number of hydrazine groups is 2. The highest BCUT2D eigenvalue weighted by Crippen LogP contribution is 2.31. The van der Waals surface area contributed by atoms with E-state index in [2.05, 4.69) is 22.6 Å². The van der Waals surface area contributed by atoms with Crippen LogP contribution in [-0.2, 0) is 0 Å². The monoisotopic (exact) mass is 432 g/mol. The normalized spacial score (nSPS) is 13.3. The van der Waals surface area contributed by atoms with Crippen molar-refractivity contribution in [1.82, 2.24) is 5.43 Å². The molecule has 0 radical (unpaired) electrons. The second kappa shape index (κ2) is 8.96. The number of rotatable bonds is 5. The van der Waals surface area contributed by atoms with E-state index in [1.807, 2.05) is 120 Å². The van der Waals surface area contributed by atoms with Gasteiger partial charge in [-0.05, 0) is 61.4 Å². The summed E-state index contributed by atoms with van der Waals surface area (Å²) < 4.78 is 0. The van der Waals surface area contributed by atoms with Crippen LogP contribution in [0.15, 0.2) is 118 Å². The smallest absolute Gasteiger partial charge is 0.176 e. The van der Waals surface area contributed by atoms with Gasteiger partial charge in [0, 0.05) is 5.56 Å². The van der Waals surface area contributed by atoms with Crippen molar-refractivity contribution in [3.8, 4) is 0 Å². The number of hydrogen-bond acceptors (Lipinski definition) is 6. The van der Waals surface area contributed by atoms with Gasteiger partial charge >= 0.3 is 0 Å². The van der Waals surface area contributed by atoms with E-state index in [0.29, 0.717) is 0 Å². The molecule has 5 rings (SSSR count). The van der Waals surface area contributed by atoms with Gasteiger partial charge in [0.15, 0.2) is 5.84 Å². The topological polar surface area (TPSA) is 55.6 Å². The summed E-state index contributed by atoms with van der Waals surface area (Å²) in [6, 6.07) is 34.2. The van der Waals surface area contributed by atoms with E-state index in [1.54, 1.807) is 0 Å². The summed E-state index contributed by atoms with van der Waals surface area (Å²) in [4.78, 5) is 0. The minimum atomic E-state index is 0.780. The molecule has 4 aromatic rings. The summed E-state index contributed by atoms with van der Waals surface area (Å²) >= 11 is 0. The zero-order valence-corrected chi connectivity index (χ0v) is 18.6. The zero-order valence-electron chi connectivity index (χ0n) is 18.6. The van der Waals surface area contributed by atoms with Crippen LogP contribution in [0.5, 0.6) is 0 Å². The van der Waals surface area contributed by atoms with Crippen LogP contribution < -0.4 is 15.7 Å². The minimum Gasteiger partial charge on any atom is -0.259 e. The van der Waals surface area contributed by atoms with Gasteiger partial charge in [-0.1, -0.05) is 66.7 Å². The maximum Gasteiger partial charge on any atom is 0.176 e. The number of aryl methyl sites for hydroxylation is 2. The Morgan fingerprint density at radius 3 is 2.12 bits per heavy atom. The molecule has 0 aliphatic carbocycles. The molecular formula is C27H24N6. The number of anilines is 2. The van der Waals surface area contributed by atoms with Crippen molar-refractivity contribution in [2.75, 3.05) is 10.2 Å². The quantitative estimate of drug-likeness (QED) is 0.352. The van der Waals surface area contributed by atoms with Crippen molar-refractivity contribution >= 4 is 28.6 Å². The number of para-hydroxylation sites is 1. The SMILES string of the molecule is Cc1ccccc1N=Nc1ccc(N2NC(c3ccccc3)=NN2c2ccccc2)c(C)c1. The molecule has 0 saturated heterocycles. The third-order valence-electron chi connectivity index (χ3n) is 5.43. The molecule has 0 aromatic heterocycles. The Morgan fingerprint density at radius 2 is 1.39 bits per heavy atom. The molecule has 6 heteroatoms. The van der Waals surface area contributed by atoms with Gasteiger partial charge in [-0.15, -0.1) is 5.10 Å². The highest BCUT2D eigenvalue weighted by Gasteiger charge is 2.27. The van der Waals surface area contributed by atoms with Gasteiger partial charge in [-0.3, -0.25) is 5.43 Å². The van der Waals surface area contributed by atoms with Crippen LogP contribution in [-0.4, -0.2) is 5.84 Å². The number of nitrogens with zero attached hydrogens (tertiary/aromatic N) is 5. The number of benzene rings is 4. The second-order valence-electron chi connectivity index (χ2n) is 7.82. The van der Waals surface area contributed by atoms with Gasteiger partial charge in [0.2, 0.25) is 0 Å². The van der Waals surface area contributed by atoms with Crippen molar-refractivity contribution in [2.45, 2.75) is 13.8 Å². The van der Waals surface area contributed by atoms with E-state index in [1.165, 1.54) is 0 Å². The first-order chi connectivity index (χ1) is 16.2. The molecule has 1 aliphatic rings. The van der Waals surface area contributed by atoms with Gasteiger partial charge in [0.05, 0.1) is 22.7 Å². The Balaban J connectivity index is 1.46. The summed E-state index contributed by atoms with van der Waals surface area (Å²) in [7, 11) is 0. The third kappa shape index (κ3) is 4.32. The van der Waals surface area contributed by atoms with E-state index in [4.69, 9.17) is 5.10 Å². The van der Waals surface area contributed by atoms with Gasteiger partial charge < -0.3 is 0 Å². The predicted molar refractivity (Wildman–Crippen MR) is 134 cm³/mol. The van der Waals surface area contributed by atoms with Crippen molar-refractivity contribution in [3.05, 3.63) is 120 Å². The molecule has 0 fully saturated rings. The summed E-state index contributed by atoms with van der Waals surface area (Å²) in [5.41, 5.74) is 10.2. The van der Waals surface area contributed by atoms with Crippen LogP contribution in [0, 0.1) is 13.8 Å². The second-order valence-corrected chi connectivity index (χ2v) is 7.82. The Labute approximate surface area is 193 Å². The summed E-state index contributed by atoms with van der Waals surface area (Å²) in [6.45, 7) is 4.09. The molecule has 1 heterocycles. The zero-order chi connectivity index (χ0) is 22.6. The first-order valence-electron chi connectivity index (χ1n) is 10.8. The van der Waals surface area contributed by atoms with Gasteiger partial charge in [0.25, 0.3) is 0 Å². The first-order valence-corrected chi connectivity index (χ1v) is 10.8. The first kappa shape index (κ1) is 20.5. The van der Waals surface area contributed by atoms with E-state index in [0.717, 1.165) is 45.3 Å². The van der Waals surface area contributed by atoms with Crippen molar-refractivity contribution in [1.29, 1.82) is 0 Å². The van der Waals surface area contributed by atoms with Crippen molar-refractivity contribution in [2.24, 2.45) is 15.3 Å². The average Bonchev–Trinajstić information content (AvgIpc) is 3.30. The predicted octanol–water partition coefficient (Wildman–Crippen LogP) is 6.83. The lowest BCUT2D eigenvalue weighted by Crippen LogP contribution is -2.45. The lowest BCUT2D eigenvalue weighted by Gasteiger charge is -2.29. The van der Waals surface area contributed by atoms with E-state index in [9.17, 15) is 0 Å². The maximum atomic E-state index is 4.86. The fourth-order valence-electron chi connectivity index (χ4n) is 3.65. The molecule has 0 bridgehead atoms. The largest absolute Gasteiger partial charge is 0.259 e. The molecule has 0 spiro atoms. The molecule has 6 nitrogen and oxygen atoms in total. The molecule has 1 aliphatic heterocycles. The Bertz CT molecular complexity index is 1320. The van der Waals surface area contributed by atoms with Crippen LogP contribution in [0.1, 0.15) is 16.7 Å². The molecular weight excluding hydrogens is 408 g/mol. The lowest BCUT2D eigenvalue weighted by molar-refractivity contribution is 0.767. The van der Waals surface area contributed by atoms with Crippen molar-refractivity contribution in [3.63, 3.8) is 0 Å². The van der Waals surface area contributed by atoms with E-state index in [-0.39, 0.29) is 0 Å². The summed E-state index contributed by atoms with van der Waals surface area (Å²) in [6.07, 6.45) is 0. The van der Waals surface area contributed by atoms with E-state index < -0.39 is 0 Å². The Hall–Kier alpha value is -4.45. The number of azo groups is 1. The average molecular weight is 433 g/mol. The Kier molecular flexibility index (Phi) is 5.55. The van der Waals surface area contributed by atoms with Crippen LogP contribution >= 0.6 is 0 Å². The molecule has 33 heavy (non-hydrogen) atoms.